The maximum absolute atomic E-state index is 12.2. The van der Waals surface area contributed by atoms with Gasteiger partial charge in [-0.15, -0.1) is 11.8 Å². The lowest BCUT2D eigenvalue weighted by atomic mass is 10.2. The van der Waals surface area contributed by atoms with E-state index < -0.39 is 0 Å². The van der Waals surface area contributed by atoms with Crippen LogP contribution < -0.4 is 25.4 Å². The molecule has 0 spiro atoms. The summed E-state index contributed by atoms with van der Waals surface area (Å²) in [6, 6.07) is 13.9. The molecule has 1 fully saturated rings. The smallest absolute Gasteiger partial charge is 0.262 e. The van der Waals surface area contributed by atoms with Crippen molar-refractivity contribution in [1.82, 2.24) is 5.32 Å². The van der Waals surface area contributed by atoms with Crippen molar-refractivity contribution in [3.05, 3.63) is 48.5 Å². The lowest BCUT2D eigenvalue weighted by molar-refractivity contribution is -0.118. The summed E-state index contributed by atoms with van der Waals surface area (Å²) >= 11 is 1.69. The Balaban J connectivity index is 1.54. The second kappa shape index (κ2) is 9.29. The molecule has 2 aromatic carbocycles. The van der Waals surface area contributed by atoms with Gasteiger partial charge in [0.2, 0.25) is 5.91 Å². The minimum absolute atomic E-state index is 0.0806. The van der Waals surface area contributed by atoms with Gasteiger partial charge in [0, 0.05) is 23.0 Å². The average Bonchev–Trinajstić information content (AvgIpc) is 3.22. The first-order valence-electron chi connectivity index (χ1n) is 8.43. The SMILES string of the molecule is COc1ccccc1OCC(=O)Nc1cccc(NC(=O)C2CSCN2)c1. The summed E-state index contributed by atoms with van der Waals surface area (Å²) in [5.74, 6) is 2.20. The molecule has 3 rings (SSSR count). The van der Waals surface area contributed by atoms with Crippen LogP contribution in [0.2, 0.25) is 0 Å². The van der Waals surface area contributed by atoms with Crippen LogP contribution in [0.25, 0.3) is 0 Å². The highest BCUT2D eigenvalue weighted by Gasteiger charge is 2.22. The molecular formula is C19H21N3O4S. The number of carbonyl (C=O) groups excluding carboxylic acids is 2. The predicted octanol–water partition coefficient (Wildman–Crippen LogP) is 2.31. The average molecular weight is 387 g/mol. The fraction of sp³-hybridized carbons (Fsp3) is 0.263. The van der Waals surface area contributed by atoms with Crippen molar-refractivity contribution in [3.63, 3.8) is 0 Å². The van der Waals surface area contributed by atoms with Crippen LogP contribution in [0.15, 0.2) is 48.5 Å². The summed E-state index contributed by atoms with van der Waals surface area (Å²) in [5, 5.41) is 8.73. The van der Waals surface area contributed by atoms with Gasteiger partial charge in [0.15, 0.2) is 18.1 Å². The summed E-state index contributed by atoms with van der Waals surface area (Å²) in [5.41, 5.74) is 1.21. The zero-order valence-corrected chi connectivity index (χ0v) is 15.7. The molecule has 0 saturated carbocycles. The highest BCUT2D eigenvalue weighted by molar-refractivity contribution is 7.99. The van der Waals surface area contributed by atoms with Crippen LogP contribution in [0.5, 0.6) is 11.5 Å². The molecule has 0 bridgehead atoms. The number of nitrogens with one attached hydrogen (secondary N) is 3. The molecule has 2 amide bonds. The Kier molecular flexibility index (Phi) is 6.56. The van der Waals surface area contributed by atoms with E-state index in [0.29, 0.717) is 22.9 Å². The van der Waals surface area contributed by atoms with Crippen LogP contribution in [0.3, 0.4) is 0 Å². The van der Waals surface area contributed by atoms with Crippen molar-refractivity contribution in [2.45, 2.75) is 6.04 Å². The summed E-state index contributed by atoms with van der Waals surface area (Å²) in [7, 11) is 1.54. The highest BCUT2D eigenvalue weighted by Crippen LogP contribution is 2.25. The third-order valence-corrected chi connectivity index (χ3v) is 4.81. The number of para-hydroxylation sites is 2. The summed E-state index contributed by atoms with van der Waals surface area (Å²) < 4.78 is 10.7. The first-order chi connectivity index (χ1) is 13.2. The van der Waals surface area contributed by atoms with Gasteiger partial charge in [0.1, 0.15) is 0 Å². The topological polar surface area (TPSA) is 88.7 Å². The fourth-order valence-corrected chi connectivity index (χ4v) is 3.49. The molecule has 142 valence electrons. The number of anilines is 2. The quantitative estimate of drug-likeness (QED) is 0.676. The van der Waals surface area contributed by atoms with E-state index in [1.54, 1.807) is 61.3 Å². The van der Waals surface area contributed by atoms with Crippen LogP contribution in [0, 0.1) is 0 Å². The summed E-state index contributed by atoms with van der Waals surface area (Å²) in [6.45, 7) is -0.153. The van der Waals surface area contributed by atoms with Crippen molar-refractivity contribution >= 4 is 35.0 Å². The number of amides is 2. The van der Waals surface area contributed by atoms with Gasteiger partial charge in [0.05, 0.1) is 13.2 Å². The third kappa shape index (κ3) is 5.38. The van der Waals surface area contributed by atoms with Crippen LogP contribution in [0.1, 0.15) is 0 Å². The molecular weight excluding hydrogens is 366 g/mol. The third-order valence-electron chi connectivity index (χ3n) is 3.87. The Labute approximate surface area is 161 Å². The van der Waals surface area contributed by atoms with Crippen LogP contribution >= 0.6 is 11.8 Å². The first kappa shape index (κ1) is 19.1. The molecule has 2 aromatic rings. The van der Waals surface area contributed by atoms with Crippen molar-refractivity contribution in [3.8, 4) is 11.5 Å². The molecule has 1 aliphatic rings. The van der Waals surface area contributed by atoms with E-state index in [4.69, 9.17) is 9.47 Å². The number of methoxy groups -OCH3 is 1. The molecule has 7 nitrogen and oxygen atoms in total. The second-order valence-electron chi connectivity index (χ2n) is 5.83. The number of hydrogen-bond donors (Lipinski definition) is 3. The van der Waals surface area contributed by atoms with Crippen LogP contribution in [0.4, 0.5) is 11.4 Å². The van der Waals surface area contributed by atoms with Gasteiger partial charge in [-0.25, -0.2) is 0 Å². The maximum atomic E-state index is 12.2. The van der Waals surface area contributed by atoms with E-state index >= 15 is 0 Å². The van der Waals surface area contributed by atoms with Gasteiger partial charge in [0.25, 0.3) is 5.91 Å². The molecule has 8 heteroatoms. The molecule has 1 atom stereocenters. The number of rotatable bonds is 7. The van der Waals surface area contributed by atoms with Crippen molar-refractivity contribution < 1.29 is 19.1 Å². The summed E-state index contributed by atoms with van der Waals surface area (Å²) in [4.78, 5) is 24.3. The number of thioether (sulfide) groups is 1. The van der Waals surface area contributed by atoms with Crippen molar-refractivity contribution in [2.24, 2.45) is 0 Å². The Hall–Kier alpha value is -2.71. The first-order valence-corrected chi connectivity index (χ1v) is 9.59. The Morgan fingerprint density at radius 1 is 1.11 bits per heavy atom. The van der Waals surface area contributed by atoms with E-state index in [2.05, 4.69) is 16.0 Å². The number of ether oxygens (including phenoxy) is 2. The normalized spacial score (nSPS) is 15.8. The molecule has 0 radical (unpaired) electrons. The van der Waals surface area contributed by atoms with Gasteiger partial charge in [-0.05, 0) is 30.3 Å². The summed E-state index contributed by atoms with van der Waals surface area (Å²) in [6.07, 6.45) is 0. The maximum Gasteiger partial charge on any atom is 0.262 e. The lowest BCUT2D eigenvalue weighted by Crippen LogP contribution is -2.37. The molecule has 27 heavy (non-hydrogen) atoms. The van der Waals surface area contributed by atoms with Gasteiger partial charge in [-0.1, -0.05) is 18.2 Å². The molecule has 3 N–H and O–H groups in total. The molecule has 1 unspecified atom stereocenters. The fourth-order valence-electron chi connectivity index (χ4n) is 2.55. The number of carbonyl (C=O) groups is 2. The molecule has 1 saturated heterocycles. The van der Waals surface area contributed by atoms with Crippen molar-refractivity contribution in [2.75, 3.05) is 36.0 Å². The Morgan fingerprint density at radius 3 is 2.56 bits per heavy atom. The Bertz CT molecular complexity index is 809. The molecule has 1 heterocycles. The zero-order valence-electron chi connectivity index (χ0n) is 14.9. The number of hydrogen-bond acceptors (Lipinski definition) is 6. The number of benzene rings is 2. The van der Waals surface area contributed by atoms with Gasteiger partial charge in [-0.3, -0.25) is 14.9 Å². The van der Waals surface area contributed by atoms with Gasteiger partial charge in [-0.2, -0.15) is 0 Å². The minimum atomic E-state index is -0.307. The van der Waals surface area contributed by atoms with Crippen LogP contribution in [-0.4, -0.2) is 43.2 Å². The van der Waals surface area contributed by atoms with Crippen molar-refractivity contribution in [1.29, 1.82) is 0 Å². The van der Waals surface area contributed by atoms with E-state index in [9.17, 15) is 9.59 Å². The van der Waals surface area contributed by atoms with E-state index in [1.165, 1.54) is 0 Å². The predicted molar refractivity (Wildman–Crippen MR) is 106 cm³/mol. The second-order valence-corrected chi connectivity index (χ2v) is 6.86. The largest absolute Gasteiger partial charge is 0.493 e. The highest BCUT2D eigenvalue weighted by atomic mass is 32.2. The van der Waals surface area contributed by atoms with Crippen LogP contribution in [-0.2, 0) is 9.59 Å². The van der Waals surface area contributed by atoms with Gasteiger partial charge < -0.3 is 20.1 Å². The molecule has 0 aliphatic carbocycles. The molecule has 0 aromatic heterocycles. The lowest BCUT2D eigenvalue weighted by Gasteiger charge is -2.13. The van der Waals surface area contributed by atoms with E-state index in [-0.39, 0.29) is 24.5 Å². The van der Waals surface area contributed by atoms with E-state index in [0.717, 1.165) is 11.6 Å². The Morgan fingerprint density at radius 2 is 1.85 bits per heavy atom. The molecule has 1 aliphatic heterocycles. The minimum Gasteiger partial charge on any atom is -0.493 e. The van der Waals surface area contributed by atoms with Gasteiger partial charge >= 0.3 is 0 Å². The standard InChI is InChI=1S/C19H21N3O4S/c1-25-16-7-2-3-8-17(16)26-10-18(23)21-13-5-4-6-14(9-13)22-19(24)15-11-27-12-20-15/h2-9,15,20H,10-12H2,1H3,(H,21,23)(H,22,24). The monoisotopic (exact) mass is 387 g/mol. The van der Waals surface area contributed by atoms with E-state index in [1.807, 2.05) is 6.07 Å². The zero-order chi connectivity index (χ0) is 19.1.